The molecule has 2 N–H and O–H groups in total. The van der Waals surface area contributed by atoms with Crippen molar-refractivity contribution < 1.29 is 14.3 Å². The first-order valence-electron chi connectivity index (χ1n) is 7.10. The molecule has 19 heavy (non-hydrogen) atoms. The summed E-state index contributed by atoms with van der Waals surface area (Å²) in [7, 11) is 1.58. The van der Waals surface area contributed by atoms with E-state index in [0.29, 0.717) is 12.5 Å². The maximum Gasteiger partial charge on any atom is 0.242 e. The number of amides is 2. The summed E-state index contributed by atoms with van der Waals surface area (Å²) in [4.78, 5) is 23.5. The van der Waals surface area contributed by atoms with Crippen molar-refractivity contribution in [3.8, 4) is 0 Å². The van der Waals surface area contributed by atoms with Crippen LogP contribution in [0.1, 0.15) is 46.5 Å². The number of nitrogens with one attached hydrogen (secondary N) is 2. The van der Waals surface area contributed by atoms with Crippen LogP contribution in [-0.4, -0.2) is 37.1 Å². The van der Waals surface area contributed by atoms with E-state index >= 15 is 0 Å². The fourth-order valence-corrected chi connectivity index (χ4v) is 2.33. The van der Waals surface area contributed by atoms with E-state index in [1.807, 2.05) is 13.8 Å². The third-order valence-electron chi connectivity index (χ3n) is 3.53. The van der Waals surface area contributed by atoms with Crippen LogP contribution in [0.4, 0.5) is 0 Å². The first kappa shape index (κ1) is 16.0. The lowest BCUT2D eigenvalue weighted by Gasteiger charge is -2.21. The van der Waals surface area contributed by atoms with Crippen molar-refractivity contribution in [1.82, 2.24) is 10.6 Å². The Labute approximate surface area is 115 Å². The van der Waals surface area contributed by atoms with Gasteiger partial charge in [0, 0.05) is 13.5 Å². The van der Waals surface area contributed by atoms with Crippen molar-refractivity contribution in [3.05, 3.63) is 0 Å². The van der Waals surface area contributed by atoms with Gasteiger partial charge in [0.15, 0.2) is 0 Å². The third kappa shape index (κ3) is 5.19. The number of carbonyl (C=O) groups is 2. The highest BCUT2D eigenvalue weighted by molar-refractivity contribution is 5.87. The van der Waals surface area contributed by atoms with Crippen molar-refractivity contribution in [2.24, 2.45) is 5.92 Å². The molecule has 1 saturated heterocycles. The highest BCUT2D eigenvalue weighted by Crippen LogP contribution is 2.22. The Kier molecular flexibility index (Phi) is 6.28. The molecule has 1 aliphatic heterocycles. The maximum atomic E-state index is 11.9. The van der Waals surface area contributed by atoms with Gasteiger partial charge in [0.25, 0.3) is 0 Å². The van der Waals surface area contributed by atoms with Gasteiger partial charge < -0.3 is 15.4 Å². The lowest BCUT2D eigenvalue weighted by Crippen LogP contribution is -2.48. The van der Waals surface area contributed by atoms with E-state index < -0.39 is 6.04 Å². The summed E-state index contributed by atoms with van der Waals surface area (Å²) in [5.74, 6) is -0.147. The summed E-state index contributed by atoms with van der Waals surface area (Å²) in [6, 6.07) is -0.457. The van der Waals surface area contributed by atoms with Crippen LogP contribution in [0.15, 0.2) is 0 Å². The van der Waals surface area contributed by atoms with Gasteiger partial charge in [-0.2, -0.15) is 0 Å². The van der Waals surface area contributed by atoms with E-state index in [1.165, 1.54) is 0 Å². The molecule has 3 atom stereocenters. The SMILES string of the molecule is CNC(=O)[C@H](NC(=O)CC[C@@H]1CC[C@H](C)O1)C(C)C. The van der Waals surface area contributed by atoms with Crippen LogP contribution in [0.5, 0.6) is 0 Å². The Hall–Kier alpha value is -1.10. The standard InChI is InChI=1S/C14H26N2O3/c1-9(2)13(14(18)15-4)16-12(17)8-7-11-6-5-10(3)19-11/h9-11,13H,5-8H2,1-4H3,(H,15,18)(H,16,17)/t10-,11-,13+/m0/s1. The van der Waals surface area contributed by atoms with Gasteiger partial charge in [0.05, 0.1) is 12.2 Å². The minimum absolute atomic E-state index is 0.0756. The zero-order chi connectivity index (χ0) is 14.4. The van der Waals surface area contributed by atoms with Gasteiger partial charge in [-0.05, 0) is 32.1 Å². The van der Waals surface area contributed by atoms with Gasteiger partial charge in [0.1, 0.15) is 6.04 Å². The van der Waals surface area contributed by atoms with Gasteiger partial charge in [-0.15, -0.1) is 0 Å². The van der Waals surface area contributed by atoms with Crippen LogP contribution in [0.2, 0.25) is 0 Å². The molecule has 5 nitrogen and oxygen atoms in total. The van der Waals surface area contributed by atoms with E-state index in [1.54, 1.807) is 7.05 Å². The molecule has 110 valence electrons. The van der Waals surface area contributed by atoms with Gasteiger partial charge >= 0.3 is 0 Å². The molecule has 2 amide bonds. The van der Waals surface area contributed by atoms with Gasteiger partial charge in [-0.3, -0.25) is 9.59 Å². The second kappa shape index (κ2) is 7.48. The highest BCUT2D eigenvalue weighted by Gasteiger charge is 2.25. The molecule has 1 fully saturated rings. The number of hydrogen-bond acceptors (Lipinski definition) is 3. The number of likely N-dealkylation sites (N-methyl/N-ethyl adjacent to an activating group) is 1. The van der Waals surface area contributed by atoms with Crippen LogP contribution >= 0.6 is 0 Å². The number of ether oxygens (including phenoxy) is 1. The van der Waals surface area contributed by atoms with Crippen LogP contribution < -0.4 is 10.6 Å². The van der Waals surface area contributed by atoms with Crippen LogP contribution in [-0.2, 0) is 14.3 Å². The Morgan fingerprint density at radius 1 is 1.32 bits per heavy atom. The largest absolute Gasteiger partial charge is 0.375 e. The molecule has 0 aromatic carbocycles. The number of rotatable bonds is 6. The van der Waals surface area contributed by atoms with E-state index in [2.05, 4.69) is 17.6 Å². The van der Waals surface area contributed by atoms with Gasteiger partial charge in [-0.1, -0.05) is 13.8 Å². The summed E-state index contributed by atoms with van der Waals surface area (Å²) >= 11 is 0. The molecule has 1 heterocycles. The summed E-state index contributed by atoms with van der Waals surface area (Å²) in [6.45, 7) is 5.89. The fourth-order valence-electron chi connectivity index (χ4n) is 2.33. The predicted octanol–water partition coefficient (Wildman–Crippen LogP) is 1.22. The molecule has 0 unspecified atom stereocenters. The molecule has 0 spiro atoms. The number of carbonyl (C=O) groups excluding carboxylic acids is 2. The maximum absolute atomic E-state index is 11.9. The Balaban J connectivity index is 2.34. The molecule has 0 aliphatic carbocycles. The fraction of sp³-hybridized carbons (Fsp3) is 0.857. The minimum atomic E-state index is -0.457. The first-order chi connectivity index (χ1) is 8.93. The zero-order valence-corrected chi connectivity index (χ0v) is 12.4. The van der Waals surface area contributed by atoms with E-state index in [9.17, 15) is 9.59 Å². The molecular weight excluding hydrogens is 244 g/mol. The normalized spacial score (nSPS) is 24.3. The van der Waals surface area contributed by atoms with Crippen LogP contribution in [0.25, 0.3) is 0 Å². The van der Waals surface area contributed by atoms with Gasteiger partial charge in [-0.25, -0.2) is 0 Å². The third-order valence-corrected chi connectivity index (χ3v) is 3.53. The van der Waals surface area contributed by atoms with Crippen molar-refractivity contribution in [3.63, 3.8) is 0 Å². The Bertz CT molecular complexity index is 318. The number of hydrogen-bond donors (Lipinski definition) is 2. The van der Waals surface area contributed by atoms with E-state index in [0.717, 1.165) is 19.3 Å². The van der Waals surface area contributed by atoms with Crippen molar-refractivity contribution in [1.29, 1.82) is 0 Å². The minimum Gasteiger partial charge on any atom is -0.375 e. The summed E-state index contributed by atoms with van der Waals surface area (Å²) in [5.41, 5.74) is 0. The van der Waals surface area contributed by atoms with Crippen molar-refractivity contribution >= 4 is 11.8 Å². The van der Waals surface area contributed by atoms with Gasteiger partial charge in [0.2, 0.25) is 11.8 Å². The molecule has 5 heteroatoms. The van der Waals surface area contributed by atoms with Crippen LogP contribution in [0, 0.1) is 5.92 Å². The molecule has 0 aromatic heterocycles. The molecule has 0 aromatic rings. The molecule has 0 saturated carbocycles. The molecule has 1 aliphatic rings. The van der Waals surface area contributed by atoms with E-state index in [4.69, 9.17) is 4.74 Å². The summed E-state index contributed by atoms with van der Waals surface area (Å²) < 4.78 is 5.67. The van der Waals surface area contributed by atoms with Crippen molar-refractivity contribution in [2.45, 2.75) is 64.7 Å². The lowest BCUT2D eigenvalue weighted by atomic mass is 10.0. The summed E-state index contributed by atoms with van der Waals surface area (Å²) in [5, 5.41) is 5.37. The molecule has 1 rings (SSSR count). The quantitative estimate of drug-likeness (QED) is 0.762. The highest BCUT2D eigenvalue weighted by atomic mass is 16.5. The monoisotopic (exact) mass is 270 g/mol. The first-order valence-corrected chi connectivity index (χ1v) is 7.10. The smallest absolute Gasteiger partial charge is 0.242 e. The average molecular weight is 270 g/mol. The second-order valence-corrected chi connectivity index (χ2v) is 5.59. The average Bonchev–Trinajstić information content (AvgIpc) is 2.78. The topological polar surface area (TPSA) is 67.4 Å². The zero-order valence-electron chi connectivity index (χ0n) is 12.4. The Morgan fingerprint density at radius 2 is 2.00 bits per heavy atom. The van der Waals surface area contributed by atoms with Crippen molar-refractivity contribution in [2.75, 3.05) is 7.05 Å². The Morgan fingerprint density at radius 3 is 2.47 bits per heavy atom. The summed E-state index contributed by atoms with van der Waals surface area (Å²) in [6.07, 6.45) is 3.74. The predicted molar refractivity (Wildman–Crippen MR) is 73.6 cm³/mol. The molecular formula is C14H26N2O3. The van der Waals surface area contributed by atoms with Crippen LogP contribution in [0.3, 0.4) is 0 Å². The lowest BCUT2D eigenvalue weighted by molar-refractivity contribution is -0.130. The molecule has 0 radical (unpaired) electrons. The second-order valence-electron chi connectivity index (χ2n) is 5.59. The van der Waals surface area contributed by atoms with E-state index in [-0.39, 0.29) is 23.8 Å². The molecule has 0 bridgehead atoms.